The lowest BCUT2D eigenvalue weighted by Gasteiger charge is -2.31. The molecule has 11 heteroatoms. The molecule has 2 heterocycles. The van der Waals surface area contributed by atoms with Gasteiger partial charge in [-0.15, -0.1) is 0 Å². The van der Waals surface area contributed by atoms with Gasteiger partial charge in [-0.2, -0.15) is 22.6 Å². The molecule has 0 radical (unpaired) electrons. The third kappa shape index (κ3) is 4.90. The molecule has 0 spiro atoms. The van der Waals surface area contributed by atoms with Crippen molar-refractivity contribution in [3.05, 3.63) is 42.7 Å². The molecule has 1 aliphatic rings. The Kier molecular flexibility index (Phi) is 5.75. The van der Waals surface area contributed by atoms with E-state index >= 15 is 0 Å². The van der Waals surface area contributed by atoms with Crippen LogP contribution in [0.1, 0.15) is 12.8 Å². The third-order valence-corrected chi connectivity index (χ3v) is 6.26. The molecule has 3 rings (SSSR count). The first-order valence-corrected chi connectivity index (χ1v) is 10.0. The summed E-state index contributed by atoms with van der Waals surface area (Å²) in [7, 11) is -3.71. The van der Waals surface area contributed by atoms with Crippen LogP contribution >= 0.6 is 0 Å². The van der Waals surface area contributed by atoms with Crippen LogP contribution in [0.15, 0.2) is 47.6 Å². The van der Waals surface area contributed by atoms with Crippen LogP contribution in [0.2, 0.25) is 0 Å². The van der Waals surface area contributed by atoms with Crippen molar-refractivity contribution in [3.63, 3.8) is 0 Å². The van der Waals surface area contributed by atoms with Gasteiger partial charge in [0.2, 0.25) is 15.9 Å². The van der Waals surface area contributed by atoms with Gasteiger partial charge in [-0.25, -0.2) is 8.42 Å². The monoisotopic (exact) mass is 416 g/mol. The number of hydrogen-bond acceptors (Lipinski definition) is 4. The average molecular weight is 416 g/mol. The topological polar surface area (TPSA) is 84.3 Å². The lowest BCUT2D eigenvalue weighted by atomic mass is 9.99. The van der Waals surface area contributed by atoms with Gasteiger partial charge in [-0.3, -0.25) is 9.48 Å². The molecule has 0 saturated carbocycles. The fraction of sp³-hybridized carbons (Fsp3) is 0.412. The number of rotatable bonds is 5. The van der Waals surface area contributed by atoms with Gasteiger partial charge in [-0.05, 0) is 25.0 Å². The van der Waals surface area contributed by atoms with Crippen LogP contribution in [-0.2, 0) is 21.4 Å². The number of carbonyl (C=O) groups excluding carboxylic acids is 1. The number of piperidine rings is 1. The Morgan fingerprint density at radius 1 is 1.25 bits per heavy atom. The van der Waals surface area contributed by atoms with Crippen LogP contribution in [-0.4, -0.2) is 47.7 Å². The van der Waals surface area contributed by atoms with Gasteiger partial charge in [-0.1, -0.05) is 18.2 Å². The number of benzene rings is 1. The Hall–Kier alpha value is -2.40. The number of anilines is 1. The highest BCUT2D eigenvalue weighted by Gasteiger charge is 2.33. The van der Waals surface area contributed by atoms with Crippen LogP contribution in [0.3, 0.4) is 0 Å². The summed E-state index contributed by atoms with van der Waals surface area (Å²) in [6.45, 7) is -0.931. The molecule has 1 aliphatic heterocycles. The number of hydrogen-bond donors (Lipinski definition) is 1. The average Bonchev–Trinajstić information content (AvgIpc) is 3.07. The van der Waals surface area contributed by atoms with Crippen LogP contribution < -0.4 is 5.32 Å². The lowest BCUT2D eigenvalue weighted by Crippen LogP contribution is -2.43. The van der Waals surface area contributed by atoms with E-state index in [4.69, 9.17) is 0 Å². The van der Waals surface area contributed by atoms with E-state index in [1.54, 1.807) is 18.2 Å². The SMILES string of the molecule is O=C(Nc1cnn(CC(F)(F)F)c1)[C@H]1CCCN(S(=O)(=O)c2ccccc2)C1. The number of aromatic nitrogens is 2. The van der Waals surface area contributed by atoms with Crippen molar-refractivity contribution in [1.29, 1.82) is 0 Å². The highest BCUT2D eigenvalue weighted by Crippen LogP contribution is 2.25. The maximum Gasteiger partial charge on any atom is 0.408 e. The molecular formula is C17H19F3N4O3S. The molecule has 0 aliphatic carbocycles. The summed E-state index contributed by atoms with van der Waals surface area (Å²) in [4.78, 5) is 12.6. The number of amides is 1. The number of halogens is 3. The van der Waals surface area contributed by atoms with E-state index in [1.807, 2.05) is 0 Å². The van der Waals surface area contributed by atoms with Crippen LogP contribution in [0.4, 0.5) is 18.9 Å². The first-order chi connectivity index (χ1) is 13.1. The summed E-state index contributed by atoms with van der Waals surface area (Å²) in [5, 5.41) is 6.09. The number of carbonyl (C=O) groups is 1. The Bertz CT molecular complexity index is 929. The van der Waals surface area contributed by atoms with Crippen LogP contribution in [0, 0.1) is 5.92 Å². The highest BCUT2D eigenvalue weighted by atomic mass is 32.2. The summed E-state index contributed by atoms with van der Waals surface area (Å²) in [6, 6.07) is 7.95. The molecular weight excluding hydrogens is 397 g/mol. The van der Waals surface area contributed by atoms with Gasteiger partial charge in [0.15, 0.2) is 0 Å². The Morgan fingerprint density at radius 3 is 2.64 bits per heavy atom. The molecule has 0 bridgehead atoms. The molecule has 1 N–H and O–H groups in total. The van der Waals surface area contributed by atoms with Gasteiger partial charge in [0.1, 0.15) is 6.54 Å². The van der Waals surface area contributed by atoms with Crippen molar-refractivity contribution in [2.75, 3.05) is 18.4 Å². The largest absolute Gasteiger partial charge is 0.408 e. The van der Waals surface area contributed by atoms with Gasteiger partial charge < -0.3 is 5.32 Å². The molecule has 1 saturated heterocycles. The molecule has 2 aromatic rings. The second kappa shape index (κ2) is 7.92. The Labute approximate surface area is 160 Å². The maximum absolute atomic E-state index is 12.7. The first kappa shape index (κ1) is 20.3. The molecule has 1 amide bonds. The van der Waals surface area contributed by atoms with Crippen molar-refractivity contribution >= 4 is 21.6 Å². The number of alkyl halides is 3. The molecule has 7 nitrogen and oxygen atoms in total. The minimum atomic E-state index is -4.41. The van der Waals surface area contributed by atoms with E-state index in [0.717, 1.165) is 12.4 Å². The zero-order valence-corrected chi connectivity index (χ0v) is 15.6. The summed E-state index contributed by atoms with van der Waals surface area (Å²) >= 11 is 0. The second-order valence-corrected chi connectivity index (χ2v) is 8.48. The molecule has 152 valence electrons. The van der Waals surface area contributed by atoms with Crippen LogP contribution in [0.5, 0.6) is 0 Å². The summed E-state index contributed by atoms with van der Waals surface area (Å²) < 4.78 is 64.6. The van der Waals surface area contributed by atoms with Crippen molar-refractivity contribution in [1.82, 2.24) is 14.1 Å². The van der Waals surface area contributed by atoms with Gasteiger partial charge in [0, 0.05) is 19.3 Å². The minimum Gasteiger partial charge on any atom is -0.323 e. The molecule has 1 atom stereocenters. The molecule has 1 aromatic carbocycles. The summed E-state index contributed by atoms with van der Waals surface area (Å²) in [5.74, 6) is -1.04. The normalized spacial score (nSPS) is 18.8. The molecule has 28 heavy (non-hydrogen) atoms. The second-order valence-electron chi connectivity index (χ2n) is 6.55. The zero-order chi connectivity index (χ0) is 20.4. The Morgan fingerprint density at radius 2 is 1.96 bits per heavy atom. The molecule has 0 unspecified atom stereocenters. The van der Waals surface area contributed by atoms with Gasteiger partial charge in [0.05, 0.1) is 22.7 Å². The smallest absolute Gasteiger partial charge is 0.323 e. The van der Waals surface area contributed by atoms with Crippen molar-refractivity contribution in [3.8, 4) is 0 Å². The van der Waals surface area contributed by atoms with E-state index in [9.17, 15) is 26.4 Å². The summed E-state index contributed by atoms with van der Waals surface area (Å²) in [6.07, 6.45) is -1.19. The highest BCUT2D eigenvalue weighted by molar-refractivity contribution is 7.89. The number of nitrogens with one attached hydrogen (secondary N) is 1. The fourth-order valence-electron chi connectivity index (χ4n) is 3.06. The first-order valence-electron chi connectivity index (χ1n) is 8.60. The van der Waals surface area contributed by atoms with Crippen LogP contribution in [0.25, 0.3) is 0 Å². The van der Waals surface area contributed by atoms with E-state index in [2.05, 4.69) is 10.4 Å². The zero-order valence-electron chi connectivity index (χ0n) is 14.8. The van der Waals surface area contributed by atoms with Crippen molar-refractivity contribution in [2.24, 2.45) is 5.92 Å². The van der Waals surface area contributed by atoms with E-state index in [0.29, 0.717) is 24.1 Å². The van der Waals surface area contributed by atoms with Crippen molar-refractivity contribution in [2.45, 2.75) is 30.5 Å². The molecule has 1 fully saturated rings. The molecule has 1 aromatic heterocycles. The van der Waals surface area contributed by atoms with Gasteiger partial charge in [0.25, 0.3) is 0 Å². The third-order valence-electron chi connectivity index (χ3n) is 4.38. The predicted molar refractivity (Wildman–Crippen MR) is 94.8 cm³/mol. The minimum absolute atomic E-state index is 0.0136. The van der Waals surface area contributed by atoms with E-state index < -0.39 is 34.6 Å². The number of sulfonamides is 1. The standard InChI is InChI=1S/C17H19F3N4O3S/c18-17(19,20)12-23-11-14(9-21-23)22-16(25)13-5-4-8-24(10-13)28(26,27)15-6-2-1-3-7-15/h1-3,6-7,9,11,13H,4-5,8,10,12H2,(H,22,25)/t13-/m0/s1. The Balaban J connectivity index is 1.65. The maximum atomic E-state index is 12.7. The van der Waals surface area contributed by atoms with E-state index in [-0.39, 0.29) is 17.1 Å². The quantitative estimate of drug-likeness (QED) is 0.812. The fourth-order valence-corrected chi connectivity index (χ4v) is 4.60. The summed E-state index contributed by atoms with van der Waals surface area (Å²) in [5.41, 5.74) is 0.136. The van der Waals surface area contributed by atoms with Gasteiger partial charge >= 0.3 is 6.18 Å². The number of nitrogens with zero attached hydrogens (tertiary/aromatic N) is 3. The van der Waals surface area contributed by atoms with Crippen molar-refractivity contribution < 1.29 is 26.4 Å². The van der Waals surface area contributed by atoms with E-state index in [1.165, 1.54) is 16.4 Å². The lowest BCUT2D eigenvalue weighted by molar-refractivity contribution is -0.142. The predicted octanol–water partition coefficient (Wildman–Crippen LogP) is 2.48.